The van der Waals surface area contributed by atoms with Crippen molar-refractivity contribution < 1.29 is 9.59 Å². The van der Waals surface area contributed by atoms with Gasteiger partial charge < -0.3 is 10.2 Å². The van der Waals surface area contributed by atoms with Gasteiger partial charge in [-0.2, -0.15) is 0 Å². The summed E-state index contributed by atoms with van der Waals surface area (Å²) >= 11 is 0. The van der Waals surface area contributed by atoms with Crippen molar-refractivity contribution in [3.63, 3.8) is 0 Å². The Balaban J connectivity index is 2.93. The molecule has 1 rings (SSSR count). The molecule has 1 aliphatic rings. The molecule has 1 heterocycles. The number of carbonyl (C=O) groups is 2. The van der Waals surface area contributed by atoms with Crippen molar-refractivity contribution in [2.75, 3.05) is 6.54 Å². The van der Waals surface area contributed by atoms with E-state index in [0.29, 0.717) is 19.4 Å². The van der Waals surface area contributed by atoms with Gasteiger partial charge in [0.2, 0.25) is 11.8 Å². The van der Waals surface area contributed by atoms with E-state index in [4.69, 9.17) is 6.42 Å². The van der Waals surface area contributed by atoms with Gasteiger partial charge in [-0.1, -0.05) is 20.8 Å². The number of hydrogen-bond donors (Lipinski definition) is 1. The lowest BCUT2D eigenvalue weighted by Gasteiger charge is -2.31. The van der Waals surface area contributed by atoms with Crippen LogP contribution in [0.15, 0.2) is 0 Å². The van der Waals surface area contributed by atoms with Crippen molar-refractivity contribution in [2.45, 2.75) is 52.1 Å². The summed E-state index contributed by atoms with van der Waals surface area (Å²) in [6, 6.07) is -0.386. The Bertz CT molecular complexity index is 357. The fourth-order valence-electron chi connectivity index (χ4n) is 2.24. The van der Waals surface area contributed by atoms with Gasteiger partial charge in [-0.15, -0.1) is 12.3 Å². The summed E-state index contributed by atoms with van der Waals surface area (Å²) in [6.07, 6.45) is 7.06. The topological polar surface area (TPSA) is 49.4 Å². The maximum atomic E-state index is 12.5. The molecule has 100 valence electrons. The number of rotatable bonds is 4. The monoisotopic (exact) mass is 250 g/mol. The van der Waals surface area contributed by atoms with Crippen molar-refractivity contribution in [1.29, 1.82) is 0 Å². The third-order valence-electron chi connectivity index (χ3n) is 3.38. The van der Waals surface area contributed by atoms with Crippen LogP contribution in [0.5, 0.6) is 0 Å². The lowest BCUT2D eigenvalue weighted by Crippen LogP contribution is -2.50. The largest absolute Gasteiger partial charge is 0.344 e. The molecule has 0 radical (unpaired) electrons. The van der Waals surface area contributed by atoms with Crippen LogP contribution in [0, 0.1) is 18.3 Å². The molecule has 0 aromatic rings. The minimum absolute atomic E-state index is 0.00190. The van der Waals surface area contributed by atoms with Gasteiger partial charge in [-0.3, -0.25) is 9.59 Å². The van der Waals surface area contributed by atoms with Gasteiger partial charge in [0.1, 0.15) is 6.04 Å². The number of amides is 2. The Hall–Kier alpha value is -1.50. The highest BCUT2D eigenvalue weighted by atomic mass is 16.2. The van der Waals surface area contributed by atoms with E-state index in [1.54, 1.807) is 4.90 Å². The first-order chi connectivity index (χ1) is 8.51. The van der Waals surface area contributed by atoms with Crippen molar-refractivity contribution in [2.24, 2.45) is 5.92 Å². The fraction of sp³-hybridized carbons (Fsp3) is 0.714. The van der Waals surface area contributed by atoms with Crippen LogP contribution in [0.4, 0.5) is 0 Å². The van der Waals surface area contributed by atoms with Gasteiger partial charge in [0.15, 0.2) is 0 Å². The Kier molecular flexibility index (Phi) is 5.21. The maximum absolute atomic E-state index is 12.5. The van der Waals surface area contributed by atoms with E-state index in [1.165, 1.54) is 0 Å². The van der Waals surface area contributed by atoms with Crippen LogP contribution in [0.2, 0.25) is 0 Å². The number of nitrogens with one attached hydrogen (secondary N) is 1. The van der Waals surface area contributed by atoms with Crippen molar-refractivity contribution in [3.8, 4) is 12.3 Å². The standard InChI is InChI=1S/C14H22N2O2/c1-5-7-11(6-2)16-9-8-12(17)15-13(10(3)4)14(16)18/h1,10-11,13H,6-9H2,2-4H3,(H,15,17). The maximum Gasteiger partial charge on any atom is 0.245 e. The second-order valence-corrected chi connectivity index (χ2v) is 5.04. The number of hydrogen-bond acceptors (Lipinski definition) is 2. The highest BCUT2D eigenvalue weighted by molar-refractivity contribution is 5.90. The summed E-state index contributed by atoms with van der Waals surface area (Å²) in [7, 11) is 0. The fourth-order valence-corrected chi connectivity index (χ4v) is 2.24. The molecule has 0 aromatic carbocycles. The first-order valence-corrected chi connectivity index (χ1v) is 6.54. The second-order valence-electron chi connectivity index (χ2n) is 5.04. The molecule has 0 bridgehead atoms. The zero-order chi connectivity index (χ0) is 13.7. The zero-order valence-corrected chi connectivity index (χ0v) is 11.4. The SMILES string of the molecule is C#CCC(CC)N1CCC(=O)NC(C(C)C)C1=O. The lowest BCUT2D eigenvalue weighted by atomic mass is 10.0. The first-order valence-electron chi connectivity index (χ1n) is 6.54. The van der Waals surface area contributed by atoms with E-state index >= 15 is 0 Å². The third kappa shape index (κ3) is 3.25. The van der Waals surface area contributed by atoms with Crippen molar-refractivity contribution >= 4 is 11.8 Å². The second kappa shape index (κ2) is 6.44. The van der Waals surface area contributed by atoms with Gasteiger partial charge in [-0.25, -0.2) is 0 Å². The molecule has 1 N–H and O–H groups in total. The highest BCUT2D eigenvalue weighted by Crippen LogP contribution is 2.17. The summed E-state index contributed by atoms with van der Waals surface area (Å²) in [6.45, 7) is 6.36. The molecule has 1 aliphatic heterocycles. The predicted molar refractivity (Wildman–Crippen MR) is 70.6 cm³/mol. The summed E-state index contributed by atoms with van der Waals surface area (Å²) in [5.74, 6) is 2.64. The van der Waals surface area contributed by atoms with Gasteiger partial charge >= 0.3 is 0 Å². The molecule has 0 aromatic heterocycles. The van der Waals surface area contributed by atoms with E-state index in [1.807, 2.05) is 20.8 Å². The van der Waals surface area contributed by atoms with Gasteiger partial charge in [0.25, 0.3) is 0 Å². The summed E-state index contributed by atoms with van der Waals surface area (Å²) in [4.78, 5) is 25.9. The number of nitrogens with zero attached hydrogens (tertiary/aromatic N) is 1. The van der Waals surface area contributed by atoms with Crippen LogP contribution < -0.4 is 5.32 Å². The summed E-state index contributed by atoms with van der Waals surface area (Å²) in [5, 5.41) is 2.80. The molecular formula is C14H22N2O2. The summed E-state index contributed by atoms with van der Waals surface area (Å²) in [5.41, 5.74) is 0. The molecular weight excluding hydrogens is 228 g/mol. The Morgan fingerprint density at radius 2 is 2.17 bits per heavy atom. The molecule has 1 saturated heterocycles. The molecule has 0 spiro atoms. The molecule has 2 unspecified atom stereocenters. The lowest BCUT2D eigenvalue weighted by molar-refractivity contribution is -0.136. The van der Waals surface area contributed by atoms with Gasteiger partial charge in [0, 0.05) is 25.4 Å². The molecule has 0 aliphatic carbocycles. The highest BCUT2D eigenvalue weighted by Gasteiger charge is 2.34. The molecule has 0 saturated carbocycles. The molecule has 18 heavy (non-hydrogen) atoms. The molecule has 1 fully saturated rings. The Morgan fingerprint density at radius 3 is 2.67 bits per heavy atom. The summed E-state index contributed by atoms with van der Waals surface area (Å²) < 4.78 is 0. The number of terminal acetylenes is 1. The van der Waals surface area contributed by atoms with Crippen LogP contribution in [0.25, 0.3) is 0 Å². The first kappa shape index (κ1) is 14.6. The number of carbonyl (C=O) groups excluding carboxylic acids is 2. The Morgan fingerprint density at radius 1 is 1.50 bits per heavy atom. The minimum atomic E-state index is -0.424. The van der Waals surface area contributed by atoms with Crippen LogP contribution >= 0.6 is 0 Å². The van der Waals surface area contributed by atoms with Crippen LogP contribution in [-0.2, 0) is 9.59 Å². The zero-order valence-electron chi connectivity index (χ0n) is 11.4. The minimum Gasteiger partial charge on any atom is -0.344 e. The average molecular weight is 250 g/mol. The van der Waals surface area contributed by atoms with E-state index in [9.17, 15) is 9.59 Å². The molecule has 4 heteroatoms. The van der Waals surface area contributed by atoms with Crippen LogP contribution in [-0.4, -0.2) is 35.3 Å². The molecule has 4 nitrogen and oxygen atoms in total. The van der Waals surface area contributed by atoms with Crippen LogP contribution in [0.3, 0.4) is 0 Å². The van der Waals surface area contributed by atoms with E-state index in [0.717, 1.165) is 6.42 Å². The van der Waals surface area contributed by atoms with Crippen LogP contribution in [0.1, 0.15) is 40.0 Å². The van der Waals surface area contributed by atoms with Crippen molar-refractivity contribution in [3.05, 3.63) is 0 Å². The quantitative estimate of drug-likeness (QED) is 0.761. The molecule has 2 atom stereocenters. The molecule has 2 amide bonds. The average Bonchev–Trinajstić information content (AvgIpc) is 2.47. The van der Waals surface area contributed by atoms with Gasteiger partial charge in [-0.05, 0) is 12.3 Å². The van der Waals surface area contributed by atoms with E-state index < -0.39 is 6.04 Å². The van der Waals surface area contributed by atoms with Crippen molar-refractivity contribution in [1.82, 2.24) is 10.2 Å². The normalized spacial score (nSPS) is 22.4. The van der Waals surface area contributed by atoms with E-state index in [-0.39, 0.29) is 23.8 Å². The predicted octanol–water partition coefficient (Wildman–Crippen LogP) is 1.16. The van der Waals surface area contributed by atoms with E-state index in [2.05, 4.69) is 11.2 Å². The Labute approximate surface area is 109 Å². The van der Waals surface area contributed by atoms with Gasteiger partial charge in [0.05, 0.1) is 0 Å². The third-order valence-corrected chi connectivity index (χ3v) is 3.38. The smallest absolute Gasteiger partial charge is 0.245 e.